The topological polar surface area (TPSA) is 72.5 Å². The second-order valence-electron chi connectivity index (χ2n) is 5.12. The van der Waals surface area contributed by atoms with Gasteiger partial charge in [-0.05, 0) is 41.8 Å². The summed E-state index contributed by atoms with van der Waals surface area (Å²) in [4.78, 5) is 37.2. The highest BCUT2D eigenvalue weighted by Gasteiger charge is 2.14. The molecular formula is C18H12ClNO4S2. The minimum atomic E-state index is -0.645. The van der Waals surface area contributed by atoms with Crippen molar-refractivity contribution in [2.24, 2.45) is 0 Å². The van der Waals surface area contributed by atoms with E-state index >= 15 is 0 Å². The predicted molar refractivity (Wildman–Crippen MR) is 103 cm³/mol. The first-order chi connectivity index (χ1) is 12.5. The number of anilines is 1. The lowest BCUT2D eigenvalue weighted by molar-refractivity contribution is 0.0476. The fourth-order valence-electron chi connectivity index (χ4n) is 2.07. The highest BCUT2D eigenvalue weighted by atomic mass is 35.5. The predicted octanol–water partition coefficient (Wildman–Crippen LogP) is 4.76. The highest BCUT2D eigenvalue weighted by Crippen LogP contribution is 2.22. The number of thiophene rings is 2. The van der Waals surface area contributed by atoms with Crippen molar-refractivity contribution in [1.29, 1.82) is 0 Å². The van der Waals surface area contributed by atoms with Gasteiger partial charge in [-0.25, -0.2) is 4.79 Å². The van der Waals surface area contributed by atoms with Crippen molar-refractivity contribution < 1.29 is 19.1 Å². The summed E-state index contributed by atoms with van der Waals surface area (Å²) in [7, 11) is 0. The maximum absolute atomic E-state index is 12.1. The first-order valence-corrected chi connectivity index (χ1v) is 9.51. The molecule has 0 atom stereocenters. The summed E-state index contributed by atoms with van der Waals surface area (Å²) >= 11 is 8.24. The van der Waals surface area contributed by atoms with Gasteiger partial charge in [0.2, 0.25) is 5.78 Å². The molecule has 1 aromatic carbocycles. The molecule has 0 saturated carbocycles. The Labute approximate surface area is 162 Å². The van der Waals surface area contributed by atoms with Crippen molar-refractivity contribution in [2.45, 2.75) is 0 Å². The van der Waals surface area contributed by atoms with Crippen LogP contribution in [0.25, 0.3) is 0 Å². The molecule has 3 rings (SSSR count). The van der Waals surface area contributed by atoms with E-state index in [0.29, 0.717) is 19.8 Å². The number of carbonyl (C=O) groups is 3. The number of ether oxygens (including phenoxy) is 1. The van der Waals surface area contributed by atoms with Gasteiger partial charge < -0.3 is 10.1 Å². The number of benzene rings is 1. The van der Waals surface area contributed by atoms with Gasteiger partial charge in [0.05, 0.1) is 19.7 Å². The van der Waals surface area contributed by atoms with Crippen LogP contribution in [-0.4, -0.2) is 24.3 Å². The summed E-state index contributed by atoms with van der Waals surface area (Å²) in [5, 5.41) is 4.52. The van der Waals surface area contributed by atoms with E-state index < -0.39 is 5.97 Å². The zero-order chi connectivity index (χ0) is 18.5. The molecule has 0 radical (unpaired) electrons. The number of carbonyl (C=O) groups excluding carboxylic acids is 3. The molecule has 132 valence electrons. The number of hydrogen-bond donors (Lipinski definition) is 1. The molecule has 26 heavy (non-hydrogen) atoms. The largest absolute Gasteiger partial charge is 0.454 e. The summed E-state index contributed by atoms with van der Waals surface area (Å²) in [6, 6.07) is 13.0. The van der Waals surface area contributed by atoms with E-state index in [9.17, 15) is 14.4 Å². The van der Waals surface area contributed by atoms with E-state index in [1.807, 2.05) is 0 Å². The molecule has 3 aromatic rings. The number of esters is 1. The lowest BCUT2D eigenvalue weighted by Crippen LogP contribution is -2.14. The van der Waals surface area contributed by atoms with E-state index in [4.69, 9.17) is 16.3 Å². The quantitative estimate of drug-likeness (QED) is 0.474. The van der Waals surface area contributed by atoms with Crippen LogP contribution in [0.1, 0.15) is 29.7 Å². The molecule has 8 heteroatoms. The smallest absolute Gasteiger partial charge is 0.338 e. The fraction of sp³-hybridized carbons (Fsp3) is 0.0556. The Morgan fingerprint density at radius 3 is 2.58 bits per heavy atom. The zero-order valence-electron chi connectivity index (χ0n) is 13.2. The number of Topliss-reactive ketones (excluding diaryl/α,β-unsaturated/α-hetero) is 1. The summed E-state index contributed by atoms with van der Waals surface area (Å²) in [5.41, 5.74) is 0.709. The SMILES string of the molecule is O=C(OCC(=O)c1ccc(Cl)s1)c1cccc(NC(=O)c2cccs2)c1. The maximum Gasteiger partial charge on any atom is 0.338 e. The summed E-state index contributed by atoms with van der Waals surface area (Å²) < 4.78 is 5.54. The van der Waals surface area contributed by atoms with Gasteiger partial charge in [-0.3, -0.25) is 9.59 Å². The zero-order valence-corrected chi connectivity index (χ0v) is 15.6. The molecule has 0 aliphatic heterocycles. The molecule has 0 bridgehead atoms. The Balaban J connectivity index is 1.61. The number of halogens is 1. The molecule has 2 aromatic heterocycles. The first kappa shape index (κ1) is 18.3. The van der Waals surface area contributed by atoms with Crippen LogP contribution in [0.5, 0.6) is 0 Å². The Morgan fingerprint density at radius 1 is 1.04 bits per heavy atom. The summed E-state index contributed by atoms with van der Waals surface area (Å²) in [5.74, 6) is -1.22. The third-order valence-corrected chi connectivity index (χ3v) is 5.42. The molecule has 1 amide bonds. The van der Waals surface area contributed by atoms with Gasteiger partial charge in [0, 0.05) is 5.69 Å². The van der Waals surface area contributed by atoms with Crippen molar-refractivity contribution >= 4 is 57.6 Å². The van der Waals surface area contributed by atoms with E-state index in [2.05, 4.69) is 5.32 Å². The van der Waals surface area contributed by atoms with Crippen LogP contribution in [0.3, 0.4) is 0 Å². The van der Waals surface area contributed by atoms with Crippen molar-refractivity contribution in [2.75, 3.05) is 11.9 Å². The second-order valence-corrected chi connectivity index (χ2v) is 7.78. The molecule has 5 nitrogen and oxygen atoms in total. The first-order valence-electron chi connectivity index (χ1n) is 7.43. The molecule has 1 N–H and O–H groups in total. The Morgan fingerprint density at radius 2 is 1.88 bits per heavy atom. The molecule has 0 fully saturated rings. The minimum absolute atomic E-state index is 0.242. The van der Waals surface area contributed by atoms with Gasteiger partial charge in [0.25, 0.3) is 5.91 Å². The normalized spacial score (nSPS) is 10.3. The van der Waals surface area contributed by atoms with Crippen LogP contribution < -0.4 is 5.32 Å². The third-order valence-electron chi connectivity index (χ3n) is 3.28. The molecule has 0 saturated heterocycles. The standard InChI is InChI=1S/C18H12ClNO4S2/c19-16-7-6-14(26-16)13(21)10-24-18(23)11-3-1-4-12(9-11)20-17(22)15-5-2-8-25-15/h1-9H,10H2,(H,20,22). The fourth-order valence-corrected chi connectivity index (χ4v) is 3.66. The third kappa shape index (κ3) is 4.57. The average Bonchev–Trinajstić information content (AvgIpc) is 3.31. The maximum atomic E-state index is 12.1. The monoisotopic (exact) mass is 405 g/mol. The van der Waals surface area contributed by atoms with Crippen LogP contribution >= 0.6 is 34.3 Å². The van der Waals surface area contributed by atoms with E-state index in [1.54, 1.807) is 47.8 Å². The van der Waals surface area contributed by atoms with Gasteiger partial charge >= 0.3 is 5.97 Å². The molecular weight excluding hydrogens is 394 g/mol. The highest BCUT2D eigenvalue weighted by molar-refractivity contribution is 7.18. The Bertz CT molecular complexity index is 950. The van der Waals surface area contributed by atoms with Crippen LogP contribution in [0, 0.1) is 0 Å². The Hall–Kier alpha value is -2.48. The van der Waals surface area contributed by atoms with Crippen molar-refractivity contribution in [3.63, 3.8) is 0 Å². The van der Waals surface area contributed by atoms with Crippen LogP contribution in [0.4, 0.5) is 5.69 Å². The number of rotatable bonds is 6. The molecule has 0 spiro atoms. The average molecular weight is 406 g/mol. The molecule has 2 heterocycles. The van der Waals surface area contributed by atoms with E-state index in [-0.39, 0.29) is 23.9 Å². The van der Waals surface area contributed by atoms with E-state index in [1.165, 1.54) is 17.4 Å². The minimum Gasteiger partial charge on any atom is -0.454 e. The van der Waals surface area contributed by atoms with Crippen molar-refractivity contribution in [3.8, 4) is 0 Å². The van der Waals surface area contributed by atoms with E-state index in [0.717, 1.165) is 11.3 Å². The summed E-state index contributed by atoms with van der Waals surface area (Å²) in [6.45, 7) is -0.374. The second kappa shape index (κ2) is 8.27. The van der Waals surface area contributed by atoms with Gasteiger partial charge in [0.1, 0.15) is 0 Å². The lowest BCUT2D eigenvalue weighted by Gasteiger charge is -2.07. The number of amides is 1. The van der Waals surface area contributed by atoms with Gasteiger partial charge in [0.15, 0.2) is 6.61 Å². The van der Waals surface area contributed by atoms with Crippen LogP contribution in [0.15, 0.2) is 53.9 Å². The lowest BCUT2D eigenvalue weighted by atomic mass is 10.2. The van der Waals surface area contributed by atoms with Crippen molar-refractivity contribution in [3.05, 3.63) is 73.6 Å². The number of hydrogen-bond acceptors (Lipinski definition) is 6. The molecule has 0 unspecified atom stereocenters. The summed E-state index contributed by atoms with van der Waals surface area (Å²) in [6.07, 6.45) is 0. The van der Waals surface area contributed by atoms with Gasteiger partial charge in [-0.1, -0.05) is 23.7 Å². The van der Waals surface area contributed by atoms with Gasteiger partial charge in [-0.15, -0.1) is 22.7 Å². The van der Waals surface area contributed by atoms with Gasteiger partial charge in [-0.2, -0.15) is 0 Å². The Kier molecular flexibility index (Phi) is 5.82. The number of nitrogens with one attached hydrogen (secondary N) is 1. The van der Waals surface area contributed by atoms with Crippen LogP contribution in [0.2, 0.25) is 4.34 Å². The molecule has 0 aliphatic rings. The van der Waals surface area contributed by atoms with Crippen molar-refractivity contribution in [1.82, 2.24) is 0 Å². The number of ketones is 1. The molecule has 0 aliphatic carbocycles. The van der Waals surface area contributed by atoms with Crippen LogP contribution in [-0.2, 0) is 4.74 Å².